The summed E-state index contributed by atoms with van der Waals surface area (Å²) >= 11 is 0. The summed E-state index contributed by atoms with van der Waals surface area (Å²) in [6.45, 7) is 11.7. The maximum Gasteiger partial charge on any atom is 0.310 e. The lowest BCUT2D eigenvalue weighted by Crippen LogP contribution is -2.57. The van der Waals surface area contributed by atoms with Crippen molar-refractivity contribution in [1.82, 2.24) is 4.72 Å². The number of nitrogens with one attached hydrogen (secondary N) is 1. The predicted molar refractivity (Wildman–Crippen MR) is 71.9 cm³/mol. The zero-order valence-electron chi connectivity index (χ0n) is 12.3. The molecule has 0 amide bonds. The minimum atomic E-state index is -3.53. The van der Waals surface area contributed by atoms with Crippen LogP contribution < -0.4 is 4.72 Å². The Balaban J connectivity index is 5.17. The Bertz CT molecular complexity index is 416. The van der Waals surface area contributed by atoms with Gasteiger partial charge in [-0.1, -0.05) is 20.8 Å². The first kappa shape index (κ1) is 17.4. The van der Waals surface area contributed by atoms with Gasteiger partial charge in [0.1, 0.15) is 0 Å². The molecule has 0 aliphatic rings. The number of carboxylic acid groups (broad SMARTS) is 1. The lowest BCUT2D eigenvalue weighted by molar-refractivity contribution is -0.150. The molecule has 0 aromatic rings. The summed E-state index contributed by atoms with van der Waals surface area (Å²) in [4.78, 5) is 11.2. The molecule has 0 rings (SSSR count). The molecule has 18 heavy (non-hydrogen) atoms. The fourth-order valence-corrected chi connectivity index (χ4v) is 3.63. The Hall–Kier alpha value is -0.620. The van der Waals surface area contributed by atoms with Gasteiger partial charge < -0.3 is 5.11 Å². The van der Waals surface area contributed by atoms with E-state index in [1.807, 2.05) is 20.8 Å². The molecule has 0 aliphatic heterocycles. The maximum absolute atomic E-state index is 12.0. The first-order chi connectivity index (χ1) is 7.61. The average molecular weight is 279 g/mol. The van der Waals surface area contributed by atoms with Crippen LogP contribution in [0.1, 0.15) is 48.5 Å². The van der Waals surface area contributed by atoms with Crippen LogP contribution >= 0.6 is 0 Å². The first-order valence-corrected chi connectivity index (χ1v) is 7.51. The van der Waals surface area contributed by atoms with E-state index in [0.29, 0.717) is 0 Å². The molecule has 0 atom stereocenters. The summed E-state index contributed by atoms with van der Waals surface area (Å²) in [5, 5.41) is 9.17. The Labute approximate surface area is 110 Å². The molecule has 0 aliphatic carbocycles. The Morgan fingerprint density at radius 3 is 1.72 bits per heavy atom. The van der Waals surface area contributed by atoms with Crippen LogP contribution in [0.25, 0.3) is 0 Å². The largest absolute Gasteiger partial charge is 0.481 e. The van der Waals surface area contributed by atoms with Gasteiger partial charge in [-0.25, -0.2) is 13.1 Å². The smallest absolute Gasteiger partial charge is 0.310 e. The number of carbonyl (C=O) groups is 1. The van der Waals surface area contributed by atoms with Gasteiger partial charge in [0, 0.05) is 5.54 Å². The number of hydrogen-bond acceptors (Lipinski definition) is 3. The average Bonchev–Trinajstić information content (AvgIpc) is 1.94. The number of hydrogen-bond donors (Lipinski definition) is 2. The molecule has 5 nitrogen and oxygen atoms in total. The third-order valence-electron chi connectivity index (χ3n) is 3.13. The first-order valence-electron chi connectivity index (χ1n) is 5.86. The van der Waals surface area contributed by atoms with Gasteiger partial charge >= 0.3 is 5.97 Å². The number of aliphatic carboxylic acids is 1. The molecule has 2 N–H and O–H groups in total. The molecular weight excluding hydrogens is 254 g/mol. The van der Waals surface area contributed by atoms with Gasteiger partial charge in [-0.15, -0.1) is 0 Å². The Morgan fingerprint density at radius 2 is 1.44 bits per heavy atom. The quantitative estimate of drug-likeness (QED) is 0.804. The molecular formula is C12H25NO4S. The van der Waals surface area contributed by atoms with E-state index in [-0.39, 0.29) is 11.2 Å². The highest BCUT2D eigenvalue weighted by Gasteiger charge is 2.46. The highest BCUT2D eigenvalue weighted by Crippen LogP contribution is 2.32. The van der Waals surface area contributed by atoms with Gasteiger partial charge in [0.2, 0.25) is 10.0 Å². The van der Waals surface area contributed by atoms with E-state index in [2.05, 4.69) is 4.72 Å². The second kappa shape index (κ2) is 4.81. The van der Waals surface area contributed by atoms with E-state index in [9.17, 15) is 18.3 Å². The molecule has 6 heteroatoms. The van der Waals surface area contributed by atoms with Crippen LogP contribution in [0.4, 0.5) is 0 Å². The van der Waals surface area contributed by atoms with Crippen LogP contribution in [0.3, 0.4) is 0 Å². The minimum Gasteiger partial charge on any atom is -0.481 e. The molecule has 0 fully saturated rings. The molecule has 0 saturated heterocycles. The number of carboxylic acids is 1. The van der Waals surface area contributed by atoms with Crippen LogP contribution in [-0.4, -0.2) is 30.8 Å². The monoisotopic (exact) mass is 279 g/mol. The highest BCUT2D eigenvalue weighted by atomic mass is 32.2. The fraction of sp³-hybridized carbons (Fsp3) is 0.917. The van der Waals surface area contributed by atoms with Gasteiger partial charge in [-0.2, -0.15) is 0 Å². The second-order valence-electron chi connectivity index (χ2n) is 6.98. The van der Waals surface area contributed by atoms with E-state index in [4.69, 9.17) is 0 Å². The molecule has 0 radical (unpaired) electrons. The van der Waals surface area contributed by atoms with Crippen molar-refractivity contribution in [2.75, 3.05) is 5.75 Å². The SMILES string of the molecule is CC(C)(C)CS(=O)(=O)NC(C)(C)C(C)(C)C(=O)O. The van der Waals surface area contributed by atoms with Crippen LogP contribution in [0, 0.1) is 10.8 Å². The van der Waals surface area contributed by atoms with Crippen LogP contribution in [-0.2, 0) is 14.8 Å². The number of sulfonamides is 1. The van der Waals surface area contributed by atoms with Crippen molar-refractivity contribution in [2.24, 2.45) is 10.8 Å². The van der Waals surface area contributed by atoms with E-state index >= 15 is 0 Å². The topological polar surface area (TPSA) is 83.5 Å². The molecule has 0 saturated carbocycles. The summed E-state index contributed by atoms with van der Waals surface area (Å²) in [5.41, 5.74) is -2.64. The molecule has 0 spiro atoms. The summed E-state index contributed by atoms with van der Waals surface area (Å²) < 4.78 is 26.6. The molecule has 0 aromatic heterocycles. The van der Waals surface area contributed by atoms with Crippen molar-refractivity contribution in [3.63, 3.8) is 0 Å². The standard InChI is InChI=1S/C12H25NO4S/c1-10(2,3)8-18(16,17)13-12(6,7)11(4,5)9(14)15/h13H,8H2,1-7H3,(H,14,15). The minimum absolute atomic E-state index is 0.0425. The van der Waals surface area contributed by atoms with Gasteiger partial charge in [0.15, 0.2) is 0 Å². The lowest BCUT2D eigenvalue weighted by Gasteiger charge is -2.39. The Morgan fingerprint density at radius 1 is 1.06 bits per heavy atom. The van der Waals surface area contributed by atoms with Gasteiger partial charge in [0.05, 0.1) is 11.2 Å². The van der Waals surface area contributed by atoms with E-state index in [0.717, 1.165) is 0 Å². The molecule has 0 bridgehead atoms. The van der Waals surface area contributed by atoms with Gasteiger partial charge in [-0.05, 0) is 33.1 Å². The van der Waals surface area contributed by atoms with Gasteiger partial charge in [0.25, 0.3) is 0 Å². The second-order valence-corrected chi connectivity index (χ2v) is 8.70. The molecule has 0 heterocycles. The maximum atomic E-state index is 12.0. The van der Waals surface area contributed by atoms with Gasteiger partial charge in [-0.3, -0.25) is 4.79 Å². The van der Waals surface area contributed by atoms with Crippen molar-refractivity contribution in [2.45, 2.75) is 54.0 Å². The van der Waals surface area contributed by atoms with Crippen molar-refractivity contribution in [3.05, 3.63) is 0 Å². The van der Waals surface area contributed by atoms with Crippen molar-refractivity contribution >= 4 is 16.0 Å². The van der Waals surface area contributed by atoms with Crippen molar-refractivity contribution < 1.29 is 18.3 Å². The molecule has 0 unspecified atom stereocenters. The third-order valence-corrected chi connectivity index (χ3v) is 5.20. The molecule has 108 valence electrons. The van der Waals surface area contributed by atoms with E-state index < -0.39 is 26.9 Å². The van der Waals surface area contributed by atoms with Crippen LogP contribution in [0.2, 0.25) is 0 Å². The van der Waals surface area contributed by atoms with E-state index in [1.165, 1.54) is 13.8 Å². The zero-order chi connectivity index (χ0) is 15.0. The Kier molecular flexibility index (Phi) is 4.64. The van der Waals surface area contributed by atoms with Crippen molar-refractivity contribution in [3.8, 4) is 0 Å². The fourth-order valence-electron chi connectivity index (χ4n) is 1.39. The lowest BCUT2D eigenvalue weighted by atomic mass is 9.75. The summed E-state index contributed by atoms with van der Waals surface area (Å²) in [6.07, 6.45) is 0. The predicted octanol–water partition coefficient (Wildman–Crippen LogP) is 1.84. The number of rotatable bonds is 5. The van der Waals surface area contributed by atoms with Crippen LogP contribution in [0.5, 0.6) is 0 Å². The highest BCUT2D eigenvalue weighted by molar-refractivity contribution is 7.89. The summed E-state index contributed by atoms with van der Waals surface area (Å²) in [6, 6.07) is 0. The zero-order valence-corrected chi connectivity index (χ0v) is 13.1. The summed E-state index contributed by atoms with van der Waals surface area (Å²) in [7, 11) is -3.53. The third kappa shape index (κ3) is 4.57. The normalized spacial score (nSPS) is 14.6. The van der Waals surface area contributed by atoms with Crippen LogP contribution in [0.15, 0.2) is 0 Å². The molecule has 0 aromatic carbocycles. The summed E-state index contributed by atoms with van der Waals surface area (Å²) in [5.74, 6) is -1.08. The van der Waals surface area contributed by atoms with E-state index in [1.54, 1.807) is 13.8 Å². The van der Waals surface area contributed by atoms with Crippen molar-refractivity contribution in [1.29, 1.82) is 0 Å².